The van der Waals surface area contributed by atoms with E-state index in [9.17, 15) is 9.59 Å². The molecule has 0 amide bonds. The molecule has 0 atom stereocenters. The Hall–Kier alpha value is -2.32. The number of hydrogen-bond acceptors (Lipinski definition) is 6. The highest BCUT2D eigenvalue weighted by atomic mass is 16.1. The minimum Gasteiger partial charge on any atom is -0.299 e. The Kier molecular flexibility index (Phi) is 5.68. The van der Waals surface area contributed by atoms with Gasteiger partial charge in [0.2, 0.25) is 0 Å². The van der Waals surface area contributed by atoms with Crippen molar-refractivity contribution in [3.05, 3.63) is 56.1 Å². The third-order valence-electron chi connectivity index (χ3n) is 5.89. The van der Waals surface area contributed by atoms with Crippen molar-refractivity contribution in [2.24, 2.45) is 7.05 Å². The lowest BCUT2D eigenvalue weighted by molar-refractivity contribution is 0.119. The predicted molar refractivity (Wildman–Crippen MR) is 106 cm³/mol. The summed E-state index contributed by atoms with van der Waals surface area (Å²) in [5.74, 6) is 0.797. The van der Waals surface area contributed by atoms with Gasteiger partial charge in [0.15, 0.2) is 0 Å². The largest absolute Gasteiger partial charge is 0.299 e. The van der Waals surface area contributed by atoms with Crippen molar-refractivity contribution in [1.82, 2.24) is 29.1 Å². The monoisotopic (exact) mass is 384 g/mol. The van der Waals surface area contributed by atoms with Crippen molar-refractivity contribution in [2.75, 3.05) is 32.7 Å². The van der Waals surface area contributed by atoms with Gasteiger partial charge in [0.05, 0.1) is 18.8 Å². The first-order valence-electron chi connectivity index (χ1n) is 10.2. The molecule has 0 aromatic carbocycles. The second kappa shape index (κ2) is 8.36. The Bertz CT molecular complexity index is 942. The van der Waals surface area contributed by atoms with Crippen LogP contribution >= 0.6 is 0 Å². The minimum atomic E-state index is -0.0216. The summed E-state index contributed by atoms with van der Waals surface area (Å²) in [7, 11) is 1.77. The van der Waals surface area contributed by atoms with Crippen LogP contribution in [-0.2, 0) is 33.0 Å². The van der Waals surface area contributed by atoms with E-state index in [4.69, 9.17) is 0 Å². The molecule has 1 aliphatic heterocycles. The van der Waals surface area contributed by atoms with Crippen molar-refractivity contribution in [1.29, 1.82) is 0 Å². The number of aromatic nitrogens is 4. The zero-order valence-electron chi connectivity index (χ0n) is 16.5. The Morgan fingerprint density at radius 2 is 1.71 bits per heavy atom. The van der Waals surface area contributed by atoms with Gasteiger partial charge in [0.1, 0.15) is 5.82 Å². The maximum absolute atomic E-state index is 12.3. The van der Waals surface area contributed by atoms with Gasteiger partial charge in [0, 0.05) is 58.1 Å². The summed E-state index contributed by atoms with van der Waals surface area (Å²) in [6.45, 7) is 5.91. The number of rotatable bonds is 5. The summed E-state index contributed by atoms with van der Waals surface area (Å²) < 4.78 is 3.25. The maximum atomic E-state index is 12.3. The Labute approximate surface area is 164 Å². The average molecular weight is 384 g/mol. The topological polar surface area (TPSA) is 76.3 Å². The highest BCUT2D eigenvalue weighted by Gasteiger charge is 2.19. The maximum Gasteiger partial charge on any atom is 0.267 e. The number of aryl methyl sites for hydroxylation is 2. The first-order valence-corrected chi connectivity index (χ1v) is 10.2. The van der Waals surface area contributed by atoms with Crippen LogP contribution in [0.3, 0.4) is 0 Å². The van der Waals surface area contributed by atoms with Gasteiger partial charge >= 0.3 is 0 Å². The van der Waals surface area contributed by atoms with Crippen LogP contribution in [0.15, 0.2) is 27.9 Å². The van der Waals surface area contributed by atoms with Gasteiger partial charge < -0.3 is 0 Å². The fourth-order valence-corrected chi connectivity index (χ4v) is 4.03. The van der Waals surface area contributed by atoms with Gasteiger partial charge in [-0.25, -0.2) is 9.67 Å². The summed E-state index contributed by atoms with van der Waals surface area (Å²) in [5, 5.41) is 4.61. The van der Waals surface area contributed by atoms with Crippen molar-refractivity contribution in [3.8, 4) is 0 Å². The molecule has 2 aliphatic rings. The van der Waals surface area contributed by atoms with E-state index in [0.717, 1.165) is 69.1 Å². The molecule has 28 heavy (non-hydrogen) atoms. The molecule has 1 aliphatic carbocycles. The summed E-state index contributed by atoms with van der Waals surface area (Å²) in [5.41, 5.74) is 2.25. The molecule has 2 aromatic rings. The number of hydrogen-bond donors (Lipinski definition) is 0. The normalized spacial score (nSPS) is 18.2. The lowest BCUT2D eigenvalue weighted by Crippen LogP contribution is -2.47. The Morgan fingerprint density at radius 1 is 0.964 bits per heavy atom. The van der Waals surface area contributed by atoms with Crippen molar-refractivity contribution in [3.63, 3.8) is 0 Å². The van der Waals surface area contributed by atoms with Crippen LogP contribution in [0.1, 0.15) is 29.9 Å². The lowest BCUT2D eigenvalue weighted by Gasteiger charge is -2.34. The van der Waals surface area contributed by atoms with E-state index >= 15 is 0 Å². The molecule has 150 valence electrons. The van der Waals surface area contributed by atoms with E-state index in [0.29, 0.717) is 13.1 Å². The molecule has 2 aromatic heterocycles. The summed E-state index contributed by atoms with van der Waals surface area (Å²) in [6, 6.07) is 3.27. The van der Waals surface area contributed by atoms with Crippen molar-refractivity contribution >= 4 is 0 Å². The van der Waals surface area contributed by atoms with Crippen LogP contribution in [0, 0.1) is 0 Å². The van der Waals surface area contributed by atoms with Crippen LogP contribution in [0.2, 0.25) is 0 Å². The molecule has 1 saturated heterocycles. The zero-order chi connectivity index (χ0) is 19.5. The fourth-order valence-electron chi connectivity index (χ4n) is 4.03. The molecule has 0 N–H and O–H groups in total. The average Bonchev–Trinajstić information content (AvgIpc) is 2.71. The van der Waals surface area contributed by atoms with Crippen molar-refractivity contribution < 1.29 is 0 Å². The highest BCUT2D eigenvalue weighted by Crippen LogP contribution is 2.16. The quantitative estimate of drug-likeness (QED) is 0.724. The van der Waals surface area contributed by atoms with E-state index in [2.05, 4.69) is 19.9 Å². The van der Waals surface area contributed by atoms with E-state index in [1.807, 2.05) is 0 Å². The molecule has 0 unspecified atom stereocenters. The number of fused-ring (bicyclic) bond motifs is 1. The summed E-state index contributed by atoms with van der Waals surface area (Å²) >= 11 is 0. The minimum absolute atomic E-state index is 0.0216. The first kappa shape index (κ1) is 19.0. The van der Waals surface area contributed by atoms with Crippen LogP contribution in [-0.4, -0.2) is 61.9 Å². The van der Waals surface area contributed by atoms with Crippen LogP contribution in [0.5, 0.6) is 0 Å². The van der Waals surface area contributed by atoms with Gasteiger partial charge in [-0.1, -0.05) is 0 Å². The Morgan fingerprint density at radius 3 is 2.54 bits per heavy atom. The molecule has 0 spiro atoms. The fraction of sp³-hybridized carbons (Fsp3) is 0.600. The third-order valence-corrected chi connectivity index (χ3v) is 5.89. The van der Waals surface area contributed by atoms with Gasteiger partial charge in [0.25, 0.3) is 11.1 Å². The van der Waals surface area contributed by atoms with Crippen LogP contribution in [0.25, 0.3) is 0 Å². The molecular weight excluding hydrogens is 356 g/mol. The Balaban J connectivity index is 1.30. The second-order valence-electron chi connectivity index (χ2n) is 7.76. The van der Waals surface area contributed by atoms with E-state index in [1.165, 1.54) is 12.5 Å². The molecule has 1 fully saturated rings. The molecule has 0 saturated carbocycles. The van der Waals surface area contributed by atoms with Gasteiger partial charge in [-0.3, -0.25) is 24.0 Å². The number of piperazine rings is 1. The molecule has 3 heterocycles. The lowest BCUT2D eigenvalue weighted by atomic mass is 9.97. The number of nitrogens with zero attached hydrogens (tertiary/aromatic N) is 6. The van der Waals surface area contributed by atoms with E-state index < -0.39 is 0 Å². The van der Waals surface area contributed by atoms with E-state index in [-0.39, 0.29) is 11.1 Å². The SMILES string of the molecule is Cn1c(CN2CCN(CCn3nc4c(cc3=O)CCCC4)CC2)nccc1=O. The molecule has 0 radical (unpaired) electrons. The first-order chi connectivity index (χ1) is 13.6. The van der Waals surface area contributed by atoms with Gasteiger partial charge in [-0.2, -0.15) is 5.10 Å². The summed E-state index contributed by atoms with van der Waals surface area (Å²) in [4.78, 5) is 33.1. The smallest absolute Gasteiger partial charge is 0.267 e. The van der Waals surface area contributed by atoms with Crippen LogP contribution in [0.4, 0.5) is 0 Å². The third kappa shape index (κ3) is 4.23. The van der Waals surface area contributed by atoms with Gasteiger partial charge in [-0.15, -0.1) is 0 Å². The highest BCUT2D eigenvalue weighted by molar-refractivity contribution is 5.20. The van der Waals surface area contributed by atoms with Crippen LogP contribution < -0.4 is 11.1 Å². The molecular formula is C20H28N6O2. The molecule has 8 heteroatoms. The standard InChI is InChI=1S/C20H28N6O2/c1-23-18(21-7-6-19(23)27)15-25-10-8-24(9-11-25)12-13-26-20(28)14-16-4-2-3-5-17(16)22-26/h6-7,14H,2-5,8-13,15H2,1H3. The summed E-state index contributed by atoms with van der Waals surface area (Å²) in [6.07, 6.45) is 5.89. The van der Waals surface area contributed by atoms with E-state index in [1.54, 1.807) is 28.6 Å². The molecule has 0 bridgehead atoms. The predicted octanol–water partition coefficient (Wildman–Crippen LogP) is 0.0336. The zero-order valence-corrected chi connectivity index (χ0v) is 16.5. The van der Waals surface area contributed by atoms with Crippen molar-refractivity contribution in [2.45, 2.75) is 38.8 Å². The molecule has 4 rings (SSSR count). The second-order valence-corrected chi connectivity index (χ2v) is 7.76. The van der Waals surface area contributed by atoms with Gasteiger partial charge in [-0.05, 0) is 31.2 Å². The molecule has 8 nitrogen and oxygen atoms in total.